The minimum atomic E-state index is -0.965. The van der Waals surface area contributed by atoms with Crippen molar-refractivity contribution in [2.24, 2.45) is 0 Å². The van der Waals surface area contributed by atoms with Gasteiger partial charge in [0.2, 0.25) is 0 Å². The van der Waals surface area contributed by atoms with Crippen LogP contribution in [0.25, 0.3) is 0 Å². The van der Waals surface area contributed by atoms with E-state index in [-0.39, 0.29) is 5.56 Å². The van der Waals surface area contributed by atoms with Crippen molar-refractivity contribution in [1.29, 1.82) is 0 Å². The Hall–Kier alpha value is -1.95. The molecule has 0 radical (unpaired) electrons. The lowest BCUT2D eigenvalue weighted by Crippen LogP contribution is -2.07. The number of carboxylic acid groups (broad SMARTS) is 1. The van der Waals surface area contributed by atoms with Gasteiger partial charge in [-0.15, -0.1) is 0 Å². The molecule has 0 atom stereocenters. The summed E-state index contributed by atoms with van der Waals surface area (Å²) in [5, 5.41) is 12.1. The van der Waals surface area contributed by atoms with E-state index in [1.165, 1.54) is 6.33 Å². The highest BCUT2D eigenvalue weighted by Gasteiger charge is 2.10. The maximum Gasteiger partial charge on any atom is 0.337 e. The summed E-state index contributed by atoms with van der Waals surface area (Å²) in [6, 6.07) is 6.74. The van der Waals surface area contributed by atoms with Crippen molar-refractivity contribution in [3.05, 3.63) is 52.5 Å². The summed E-state index contributed by atoms with van der Waals surface area (Å²) < 4.78 is 0.817. The predicted octanol–water partition coefficient (Wildman–Crippen LogP) is 2.55. The summed E-state index contributed by atoms with van der Waals surface area (Å²) in [6.45, 7) is 0.444. The number of benzene rings is 1. The first-order valence-electron chi connectivity index (χ1n) is 5.18. The molecule has 0 aliphatic heterocycles. The first kappa shape index (κ1) is 12.5. The highest BCUT2D eigenvalue weighted by atomic mass is 79.9. The largest absolute Gasteiger partial charge is 0.478 e. The molecule has 2 aromatic rings. The molecule has 2 rings (SSSR count). The molecule has 0 fully saturated rings. The second-order valence-electron chi connectivity index (χ2n) is 3.55. The smallest absolute Gasteiger partial charge is 0.337 e. The first-order valence-corrected chi connectivity index (χ1v) is 5.98. The van der Waals surface area contributed by atoms with E-state index >= 15 is 0 Å². The van der Waals surface area contributed by atoms with E-state index in [1.807, 2.05) is 0 Å². The Labute approximate surface area is 112 Å². The minimum Gasteiger partial charge on any atom is -0.478 e. The molecule has 18 heavy (non-hydrogen) atoms. The number of carboxylic acids is 1. The minimum absolute atomic E-state index is 0.229. The van der Waals surface area contributed by atoms with Crippen LogP contribution in [0, 0.1) is 0 Å². The Bertz CT molecular complexity index is 561. The fourth-order valence-corrected chi connectivity index (χ4v) is 1.82. The molecule has 0 bridgehead atoms. The number of nitrogens with one attached hydrogen (secondary N) is 1. The van der Waals surface area contributed by atoms with Crippen LogP contribution in [0.2, 0.25) is 0 Å². The number of hydrogen-bond acceptors (Lipinski definition) is 4. The average molecular weight is 308 g/mol. The summed E-state index contributed by atoms with van der Waals surface area (Å²) in [4.78, 5) is 18.9. The summed E-state index contributed by atoms with van der Waals surface area (Å²) in [7, 11) is 0. The lowest BCUT2D eigenvalue weighted by molar-refractivity contribution is 0.0698. The van der Waals surface area contributed by atoms with Gasteiger partial charge in [0.1, 0.15) is 6.33 Å². The van der Waals surface area contributed by atoms with E-state index in [0.29, 0.717) is 12.2 Å². The molecule has 0 saturated heterocycles. The van der Waals surface area contributed by atoms with E-state index in [2.05, 4.69) is 31.2 Å². The van der Waals surface area contributed by atoms with Gasteiger partial charge in [0.25, 0.3) is 0 Å². The molecule has 0 amide bonds. The molecule has 5 nitrogen and oxygen atoms in total. The highest BCUT2D eigenvalue weighted by molar-refractivity contribution is 9.10. The molecule has 92 valence electrons. The molecule has 1 aromatic carbocycles. The highest BCUT2D eigenvalue weighted by Crippen LogP contribution is 2.22. The average Bonchev–Trinajstić information content (AvgIpc) is 2.37. The molecule has 0 spiro atoms. The zero-order valence-corrected chi connectivity index (χ0v) is 10.9. The van der Waals surface area contributed by atoms with Crippen molar-refractivity contribution in [2.45, 2.75) is 6.54 Å². The lowest BCUT2D eigenvalue weighted by atomic mass is 10.2. The SMILES string of the molecule is O=C(O)c1ccc(Br)cc1NCc1ccncn1. The van der Waals surface area contributed by atoms with Gasteiger partial charge in [0.15, 0.2) is 0 Å². The molecule has 6 heteroatoms. The Kier molecular flexibility index (Phi) is 3.88. The van der Waals surface area contributed by atoms with Gasteiger partial charge < -0.3 is 10.4 Å². The number of halogens is 1. The van der Waals surface area contributed by atoms with Crippen LogP contribution in [0.15, 0.2) is 41.3 Å². The zero-order chi connectivity index (χ0) is 13.0. The van der Waals surface area contributed by atoms with Gasteiger partial charge >= 0.3 is 5.97 Å². The molecule has 0 aliphatic carbocycles. The van der Waals surface area contributed by atoms with Gasteiger partial charge in [-0.1, -0.05) is 15.9 Å². The van der Waals surface area contributed by atoms with Crippen molar-refractivity contribution in [1.82, 2.24) is 9.97 Å². The number of anilines is 1. The quantitative estimate of drug-likeness (QED) is 0.908. The van der Waals surface area contributed by atoms with Gasteiger partial charge in [0.05, 0.1) is 23.5 Å². The van der Waals surface area contributed by atoms with Crippen LogP contribution in [0.1, 0.15) is 16.1 Å². The van der Waals surface area contributed by atoms with Crippen LogP contribution >= 0.6 is 15.9 Å². The Morgan fingerprint density at radius 1 is 1.39 bits per heavy atom. The van der Waals surface area contributed by atoms with Gasteiger partial charge in [-0.25, -0.2) is 14.8 Å². The number of aromatic nitrogens is 2. The second-order valence-corrected chi connectivity index (χ2v) is 4.47. The van der Waals surface area contributed by atoms with Gasteiger partial charge in [-0.2, -0.15) is 0 Å². The molecular formula is C12H10BrN3O2. The van der Waals surface area contributed by atoms with E-state index in [9.17, 15) is 4.79 Å². The second kappa shape index (κ2) is 5.59. The molecule has 0 aliphatic rings. The van der Waals surface area contributed by atoms with Gasteiger partial charge in [0, 0.05) is 10.7 Å². The van der Waals surface area contributed by atoms with Crippen molar-refractivity contribution in [2.75, 3.05) is 5.32 Å². The molecular weight excluding hydrogens is 298 g/mol. The van der Waals surface area contributed by atoms with Crippen molar-refractivity contribution < 1.29 is 9.90 Å². The number of nitrogens with zero attached hydrogens (tertiary/aromatic N) is 2. The van der Waals surface area contributed by atoms with E-state index in [0.717, 1.165) is 10.2 Å². The Morgan fingerprint density at radius 3 is 2.89 bits per heavy atom. The number of carbonyl (C=O) groups is 1. The lowest BCUT2D eigenvalue weighted by Gasteiger charge is -2.09. The number of rotatable bonds is 4. The van der Waals surface area contributed by atoms with Crippen LogP contribution in [0.5, 0.6) is 0 Å². The fourth-order valence-electron chi connectivity index (χ4n) is 1.46. The van der Waals surface area contributed by atoms with Gasteiger partial charge in [-0.05, 0) is 24.3 Å². The van der Waals surface area contributed by atoms with Crippen LogP contribution in [0.3, 0.4) is 0 Å². The molecule has 1 heterocycles. The standard InChI is InChI=1S/C12H10BrN3O2/c13-8-1-2-10(12(17)18)11(5-8)15-6-9-3-4-14-7-16-9/h1-5,7,15H,6H2,(H,17,18). The maximum absolute atomic E-state index is 11.1. The molecule has 2 N–H and O–H groups in total. The van der Waals surface area contributed by atoms with E-state index in [4.69, 9.17) is 5.11 Å². The third-order valence-electron chi connectivity index (χ3n) is 2.32. The maximum atomic E-state index is 11.1. The van der Waals surface area contributed by atoms with Crippen molar-refractivity contribution >= 4 is 27.6 Å². The van der Waals surface area contributed by atoms with Crippen LogP contribution in [0.4, 0.5) is 5.69 Å². The third-order valence-corrected chi connectivity index (χ3v) is 2.81. The van der Waals surface area contributed by atoms with E-state index < -0.39 is 5.97 Å². The van der Waals surface area contributed by atoms with Crippen LogP contribution < -0.4 is 5.32 Å². The van der Waals surface area contributed by atoms with Gasteiger partial charge in [-0.3, -0.25) is 0 Å². The fraction of sp³-hybridized carbons (Fsp3) is 0.0833. The summed E-state index contributed by atoms with van der Waals surface area (Å²) in [5.74, 6) is -0.965. The Morgan fingerprint density at radius 2 is 2.22 bits per heavy atom. The summed E-state index contributed by atoms with van der Waals surface area (Å²) in [5.41, 5.74) is 1.57. The van der Waals surface area contributed by atoms with Crippen molar-refractivity contribution in [3.8, 4) is 0 Å². The number of aromatic carboxylic acids is 1. The first-order chi connectivity index (χ1) is 8.66. The predicted molar refractivity (Wildman–Crippen MR) is 70.5 cm³/mol. The van der Waals surface area contributed by atoms with E-state index in [1.54, 1.807) is 30.5 Å². The normalized spacial score (nSPS) is 10.1. The summed E-state index contributed by atoms with van der Waals surface area (Å²) in [6.07, 6.45) is 3.10. The van der Waals surface area contributed by atoms with Crippen molar-refractivity contribution in [3.63, 3.8) is 0 Å². The topological polar surface area (TPSA) is 75.1 Å². The molecule has 0 unspecified atom stereocenters. The van der Waals surface area contributed by atoms with Crippen LogP contribution in [-0.2, 0) is 6.54 Å². The molecule has 0 saturated carbocycles. The Balaban J connectivity index is 2.18. The molecule has 1 aromatic heterocycles. The zero-order valence-electron chi connectivity index (χ0n) is 9.30. The van der Waals surface area contributed by atoms with Crippen LogP contribution in [-0.4, -0.2) is 21.0 Å². The summed E-state index contributed by atoms with van der Waals surface area (Å²) >= 11 is 3.31. The third kappa shape index (κ3) is 3.04. The monoisotopic (exact) mass is 307 g/mol. The number of hydrogen-bond donors (Lipinski definition) is 2.